The molecule has 1 unspecified atom stereocenters. The monoisotopic (exact) mass is 231 g/mol. The van der Waals surface area contributed by atoms with Gasteiger partial charge in [-0.3, -0.25) is 10.6 Å². The Labute approximate surface area is 101 Å². The number of ether oxygens (including phenoxy) is 1. The molecule has 0 spiro atoms. The van der Waals surface area contributed by atoms with E-state index in [1.807, 2.05) is 7.05 Å². The van der Waals surface area contributed by atoms with Gasteiger partial charge in [-0.05, 0) is 26.6 Å². The van der Waals surface area contributed by atoms with Crippen LogP contribution >= 0.6 is 0 Å². The molecule has 0 fully saturated rings. The average molecular weight is 231 g/mol. The Bertz CT molecular complexity index is 133. The van der Waals surface area contributed by atoms with Gasteiger partial charge in [0.2, 0.25) is 0 Å². The summed E-state index contributed by atoms with van der Waals surface area (Å²) in [5.41, 5.74) is 0. The summed E-state index contributed by atoms with van der Waals surface area (Å²) in [7, 11) is 1.93. The van der Waals surface area contributed by atoms with E-state index in [2.05, 4.69) is 29.8 Å². The Morgan fingerprint density at radius 1 is 1.06 bits per heavy atom. The summed E-state index contributed by atoms with van der Waals surface area (Å²) in [6.07, 6.45) is 5.33. The van der Waals surface area contributed by atoms with Gasteiger partial charge in [-0.15, -0.1) is 0 Å². The Morgan fingerprint density at radius 3 is 2.50 bits per heavy atom. The first-order chi connectivity index (χ1) is 7.85. The predicted octanol–water partition coefficient (Wildman–Crippen LogP) is 1.29. The standard InChI is InChI=1S/C12H29N3O/c1-4-6-7-8-9-15-10-12(13-3)16-11-14-5-2/h12-15H,4-11H2,1-3H3. The smallest absolute Gasteiger partial charge is 0.122 e. The molecule has 98 valence electrons. The summed E-state index contributed by atoms with van der Waals surface area (Å²) in [5.74, 6) is 0. The van der Waals surface area contributed by atoms with Crippen LogP contribution in [0.5, 0.6) is 0 Å². The first-order valence-corrected chi connectivity index (χ1v) is 6.55. The highest BCUT2D eigenvalue weighted by Crippen LogP contribution is 1.96. The van der Waals surface area contributed by atoms with Crippen LogP contribution in [0.4, 0.5) is 0 Å². The van der Waals surface area contributed by atoms with Crippen molar-refractivity contribution in [1.29, 1.82) is 0 Å². The molecule has 0 aromatic heterocycles. The molecule has 0 aliphatic rings. The largest absolute Gasteiger partial charge is 0.347 e. The molecule has 0 bridgehead atoms. The van der Waals surface area contributed by atoms with Crippen molar-refractivity contribution in [1.82, 2.24) is 16.0 Å². The van der Waals surface area contributed by atoms with E-state index in [0.29, 0.717) is 6.73 Å². The lowest BCUT2D eigenvalue weighted by atomic mass is 10.2. The topological polar surface area (TPSA) is 45.3 Å². The lowest BCUT2D eigenvalue weighted by Gasteiger charge is -2.17. The summed E-state index contributed by atoms with van der Waals surface area (Å²) < 4.78 is 5.57. The lowest BCUT2D eigenvalue weighted by Crippen LogP contribution is -2.41. The fourth-order valence-corrected chi connectivity index (χ4v) is 1.42. The van der Waals surface area contributed by atoms with Crippen molar-refractivity contribution in [2.75, 3.05) is 33.4 Å². The highest BCUT2D eigenvalue weighted by Gasteiger charge is 2.03. The molecule has 0 amide bonds. The van der Waals surface area contributed by atoms with Crippen LogP contribution in [0.25, 0.3) is 0 Å². The SMILES string of the molecule is CCCCCCNCC(NC)OCNCC. The molecular weight excluding hydrogens is 202 g/mol. The Kier molecular flexibility index (Phi) is 12.8. The highest BCUT2D eigenvalue weighted by atomic mass is 16.5. The van der Waals surface area contributed by atoms with E-state index in [1.54, 1.807) is 0 Å². The normalized spacial score (nSPS) is 12.9. The summed E-state index contributed by atoms with van der Waals surface area (Å²) in [6, 6.07) is 0. The zero-order valence-electron chi connectivity index (χ0n) is 11.1. The third kappa shape index (κ3) is 10.4. The molecule has 16 heavy (non-hydrogen) atoms. The van der Waals surface area contributed by atoms with Gasteiger partial charge in [-0.1, -0.05) is 33.1 Å². The van der Waals surface area contributed by atoms with Crippen LogP contribution in [0.3, 0.4) is 0 Å². The molecule has 0 aliphatic heterocycles. The van der Waals surface area contributed by atoms with Crippen molar-refractivity contribution in [2.45, 2.75) is 45.8 Å². The fraction of sp³-hybridized carbons (Fsp3) is 1.00. The van der Waals surface area contributed by atoms with Gasteiger partial charge in [-0.25, -0.2) is 0 Å². The molecule has 0 aromatic rings. The molecule has 0 radical (unpaired) electrons. The van der Waals surface area contributed by atoms with Gasteiger partial charge in [0.25, 0.3) is 0 Å². The quantitative estimate of drug-likeness (QED) is 0.350. The lowest BCUT2D eigenvalue weighted by molar-refractivity contribution is 0.0247. The van der Waals surface area contributed by atoms with Crippen LogP contribution in [0.15, 0.2) is 0 Å². The molecule has 3 N–H and O–H groups in total. The Hall–Kier alpha value is -0.160. The molecular formula is C12H29N3O. The number of hydrogen-bond donors (Lipinski definition) is 3. The first-order valence-electron chi connectivity index (χ1n) is 6.55. The maximum Gasteiger partial charge on any atom is 0.122 e. The molecule has 4 heteroatoms. The molecule has 0 saturated heterocycles. The van der Waals surface area contributed by atoms with Gasteiger partial charge in [-0.2, -0.15) is 0 Å². The van der Waals surface area contributed by atoms with Gasteiger partial charge in [0.15, 0.2) is 0 Å². The molecule has 0 aliphatic carbocycles. The minimum atomic E-state index is 0.102. The van der Waals surface area contributed by atoms with Gasteiger partial charge in [0.1, 0.15) is 6.23 Å². The number of nitrogens with one attached hydrogen (secondary N) is 3. The molecule has 4 nitrogen and oxygen atoms in total. The number of likely N-dealkylation sites (N-methyl/N-ethyl adjacent to an activating group) is 1. The Balaban J connectivity index is 3.26. The molecule has 0 rings (SSSR count). The van der Waals surface area contributed by atoms with E-state index in [4.69, 9.17) is 4.74 Å². The van der Waals surface area contributed by atoms with Crippen molar-refractivity contribution in [3.05, 3.63) is 0 Å². The van der Waals surface area contributed by atoms with E-state index < -0.39 is 0 Å². The Morgan fingerprint density at radius 2 is 1.88 bits per heavy atom. The third-order valence-electron chi connectivity index (χ3n) is 2.50. The van der Waals surface area contributed by atoms with E-state index >= 15 is 0 Å². The van der Waals surface area contributed by atoms with E-state index in [1.165, 1.54) is 25.7 Å². The second-order valence-electron chi connectivity index (χ2n) is 3.96. The summed E-state index contributed by atoms with van der Waals surface area (Å²) in [4.78, 5) is 0. The third-order valence-corrected chi connectivity index (χ3v) is 2.50. The minimum absolute atomic E-state index is 0.102. The summed E-state index contributed by atoms with van der Waals surface area (Å²) in [6.45, 7) is 7.82. The van der Waals surface area contributed by atoms with Gasteiger partial charge in [0.05, 0.1) is 6.73 Å². The second-order valence-corrected chi connectivity index (χ2v) is 3.96. The van der Waals surface area contributed by atoms with E-state index in [0.717, 1.165) is 19.6 Å². The zero-order chi connectivity index (χ0) is 12.1. The van der Waals surface area contributed by atoms with Crippen molar-refractivity contribution >= 4 is 0 Å². The van der Waals surface area contributed by atoms with Crippen LogP contribution in [0.2, 0.25) is 0 Å². The summed E-state index contributed by atoms with van der Waals surface area (Å²) in [5, 5.41) is 9.69. The van der Waals surface area contributed by atoms with Crippen molar-refractivity contribution in [3.63, 3.8) is 0 Å². The minimum Gasteiger partial charge on any atom is -0.347 e. The maximum absolute atomic E-state index is 5.57. The van der Waals surface area contributed by atoms with E-state index in [-0.39, 0.29) is 6.23 Å². The van der Waals surface area contributed by atoms with Gasteiger partial charge in [0, 0.05) is 6.54 Å². The maximum atomic E-state index is 5.57. The second kappa shape index (κ2) is 12.9. The molecule has 0 heterocycles. The zero-order valence-corrected chi connectivity index (χ0v) is 11.1. The summed E-state index contributed by atoms with van der Waals surface area (Å²) >= 11 is 0. The predicted molar refractivity (Wildman–Crippen MR) is 69.5 cm³/mol. The highest BCUT2D eigenvalue weighted by molar-refractivity contribution is 4.57. The van der Waals surface area contributed by atoms with Crippen molar-refractivity contribution in [2.24, 2.45) is 0 Å². The van der Waals surface area contributed by atoms with Crippen LogP contribution in [0.1, 0.15) is 39.5 Å². The molecule has 0 saturated carbocycles. The van der Waals surface area contributed by atoms with Crippen molar-refractivity contribution < 1.29 is 4.74 Å². The van der Waals surface area contributed by atoms with Crippen LogP contribution in [0, 0.1) is 0 Å². The number of rotatable bonds is 12. The molecule has 0 aromatic carbocycles. The average Bonchev–Trinajstić information content (AvgIpc) is 2.31. The van der Waals surface area contributed by atoms with Gasteiger partial charge < -0.3 is 10.1 Å². The number of hydrogen-bond acceptors (Lipinski definition) is 4. The van der Waals surface area contributed by atoms with Crippen LogP contribution in [-0.4, -0.2) is 39.6 Å². The fourth-order valence-electron chi connectivity index (χ4n) is 1.42. The molecule has 1 atom stereocenters. The van der Waals surface area contributed by atoms with E-state index in [9.17, 15) is 0 Å². The van der Waals surface area contributed by atoms with Crippen LogP contribution in [-0.2, 0) is 4.74 Å². The first kappa shape index (κ1) is 15.8. The van der Waals surface area contributed by atoms with Crippen molar-refractivity contribution in [3.8, 4) is 0 Å². The van der Waals surface area contributed by atoms with Gasteiger partial charge >= 0.3 is 0 Å². The van der Waals surface area contributed by atoms with Crippen LogP contribution < -0.4 is 16.0 Å². The number of unbranched alkanes of at least 4 members (excludes halogenated alkanes) is 3.